The van der Waals surface area contributed by atoms with Crippen molar-refractivity contribution in [3.63, 3.8) is 0 Å². The molecule has 1 aromatic heterocycles. The Morgan fingerprint density at radius 3 is 2.38 bits per heavy atom. The van der Waals surface area contributed by atoms with E-state index < -0.39 is 19.8 Å². The van der Waals surface area contributed by atoms with Gasteiger partial charge >= 0.3 is 0 Å². The van der Waals surface area contributed by atoms with E-state index in [1.807, 2.05) is 53.6 Å². The number of hydrogen-bond acceptors (Lipinski definition) is 6. The summed E-state index contributed by atoms with van der Waals surface area (Å²) in [4.78, 5) is 17.0. The van der Waals surface area contributed by atoms with Crippen LogP contribution in [0.3, 0.4) is 0 Å². The first-order valence-electron chi connectivity index (χ1n) is 16.8. The van der Waals surface area contributed by atoms with Crippen LogP contribution in [0.2, 0.25) is 18.6 Å². The van der Waals surface area contributed by atoms with Crippen molar-refractivity contribution < 1.29 is 19.4 Å². The van der Waals surface area contributed by atoms with Crippen LogP contribution in [0.4, 0.5) is 5.69 Å². The third-order valence-corrected chi connectivity index (χ3v) is 16.4. The molecule has 0 radical (unpaired) electrons. The van der Waals surface area contributed by atoms with Crippen LogP contribution in [0.15, 0.2) is 103 Å². The first-order valence-corrected chi connectivity index (χ1v) is 22.1. The molecule has 0 bridgehead atoms. The minimum Gasteiger partial charge on any atom is -0.497 e. The van der Waals surface area contributed by atoms with E-state index in [0.717, 1.165) is 35.3 Å². The molecule has 1 amide bonds. The van der Waals surface area contributed by atoms with E-state index in [0.29, 0.717) is 25.2 Å². The highest BCUT2D eigenvalue weighted by Gasteiger charge is 2.66. The monoisotopic (exact) mass is 910 g/mol. The summed E-state index contributed by atoms with van der Waals surface area (Å²) in [5.74, 6) is 0.720. The summed E-state index contributed by atoms with van der Waals surface area (Å²) in [5.41, 5.74) is 3.19. The van der Waals surface area contributed by atoms with Crippen molar-refractivity contribution in [3.8, 4) is 5.75 Å². The summed E-state index contributed by atoms with van der Waals surface area (Å²) < 4.78 is 16.8. The van der Waals surface area contributed by atoms with Gasteiger partial charge in [0, 0.05) is 25.2 Å². The van der Waals surface area contributed by atoms with Gasteiger partial charge in [-0.2, -0.15) is 0 Å². The van der Waals surface area contributed by atoms with Crippen molar-refractivity contribution in [2.45, 2.75) is 62.9 Å². The minimum atomic E-state index is -2.30. The largest absolute Gasteiger partial charge is 0.497 e. The predicted molar refractivity (Wildman–Crippen MR) is 214 cm³/mol. The molecule has 0 aliphatic carbocycles. The van der Waals surface area contributed by atoms with Crippen LogP contribution < -0.4 is 14.8 Å². The number of amides is 1. The molecule has 1 spiro atoms. The lowest BCUT2D eigenvalue weighted by Gasteiger charge is -2.37. The van der Waals surface area contributed by atoms with Crippen LogP contribution in [0.1, 0.15) is 41.8 Å². The molecule has 8 nitrogen and oxygen atoms in total. The van der Waals surface area contributed by atoms with Crippen molar-refractivity contribution in [2.24, 2.45) is 5.92 Å². The number of carbonyl (C=O) groups is 1. The van der Waals surface area contributed by atoms with Crippen molar-refractivity contribution in [1.29, 1.82) is 0 Å². The molecule has 5 aromatic rings. The van der Waals surface area contributed by atoms with E-state index in [4.69, 9.17) is 9.47 Å². The predicted octanol–water partition coefficient (Wildman–Crippen LogP) is 7.43. The van der Waals surface area contributed by atoms with Gasteiger partial charge in [-0.25, -0.2) is 0 Å². The number of anilines is 1. The lowest BCUT2D eigenvalue weighted by Crippen LogP contribution is -2.51. The standard InChI is InChI=1S/C39H40I2N4O4Si/c1-25-37(50(3,4)31-17-15-30(48-2)16-18-31)35(20-21-44-24-33(42-43-44)36(46)27-8-6-5-7-9-27)49-39(25)32-22-29(41)14-19-34(32)45(38(39)47)23-26-10-12-28(40)13-11-26/h5-19,22,24-25,35-37,46H,20-21,23H2,1-4H3/t25-,35+,36+,37-,39+/m0/s1. The van der Waals surface area contributed by atoms with Crippen LogP contribution in [-0.4, -0.2) is 47.3 Å². The van der Waals surface area contributed by atoms with E-state index >= 15 is 4.79 Å². The van der Waals surface area contributed by atoms with Crippen molar-refractivity contribution in [2.75, 3.05) is 12.0 Å². The van der Waals surface area contributed by atoms with Gasteiger partial charge in [0.2, 0.25) is 0 Å². The molecule has 5 atom stereocenters. The minimum absolute atomic E-state index is 0.00149. The molecular weight excluding hydrogens is 870 g/mol. The number of ether oxygens (including phenoxy) is 2. The van der Waals surface area contributed by atoms with Gasteiger partial charge in [-0.05, 0) is 111 Å². The lowest BCUT2D eigenvalue weighted by molar-refractivity contribution is -0.146. The van der Waals surface area contributed by atoms with Gasteiger partial charge in [-0.15, -0.1) is 5.10 Å². The zero-order valence-electron chi connectivity index (χ0n) is 28.5. The van der Waals surface area contributed by atoms with Gasteiger partial charge in [0.1, 0.15) is 17.5 Å². The maximum absolute atomic E-state index is 15.0. The fraction of sp³-hybridized carbons (Fsp3) is 0.308. The Morgan fingerprint density at radius 1 is 0.980 bits per heavy atom. The topological polar surface area (TPSA) is 89.7 Å². The Labute approximate surface area is 321 Å². The average Bonchev–Trinajstić information content (AvgIpc) is 3.79. The van der Waals surface area contributed by atoms with Gasteiger partial charge in [0.15, 0.2) is 5.60 Å². The molecule has 2 aliphatic heterocycles. The molecule has 1 fully saturated rings. The number of fused-ring (bicyclic) bond motifs is 2. The van der Waals surface area contributed by atoms with Gasteiger partial charge in [0.25, 0.3) is 5.91 Å². The highest BCUT2D eigenvalue weighted by Crippen LogP contribution is 2.60. The molecule has 50 heavy (non-hydrogen) atoms. The Bertz CT molecular complexity index is 1990. The fourth-order valence-corrected chi connectivity index (χ4v) is 13.0. The fourth-order valence-electron chi connectivity index (χ4n) is 8.10. The number of halogens is 2. The molecule has 11 heteroatoms. The number of rotatable bonds is 10. The number of carbonyl (C=O) groups excluding carboxylic acids is 1. The molecule has 258 valence electrons. The molecule has 3 heterocycles. The second kappa shape index (κ2) is 14.1. The number of aryl methyl sites for hydroxylation is 1. The Morgan fingerprint density at radius 2 is 1.68 bits per heavy atom. The van der Waals surface area contributed by atoms with Crippen LogP contribution >= 0.6 is 45.2 Å². The van der Waals surface area contributed by atoms with E-state index in [9.17, 15) is 5.11 Å². The summed E-state index contributed by atoms with van der Waals surface area (Å²) in [6, 6.07) is 32.6. The summed E-state index contributed by atoms with van der Waals surface area (Å²) in [7, 11) is -0.617. The number of benzene rings is 4. The Balaban J connectivity index is 1.25. The van der Waals surface area contributed by atoms with E-state index in [1.165, 1.54) is 5.19 Å². The number of nitrogens with zero attached hydrogens (tertiary/aromatic N) is 4. The van der Waals surface area contributed by atoms with Gasteiger partial charge in [0.05, 0.1) is 39.7 Å². The quantitative estimate of drug-likeness (QED) is 0.116. The van der Waals surface area contributed by atoms with Gasteiger partial charge < -0.3 is 19.5 Å². The third-order valence-electron chi connectivity index (χ3n) is 10.6. The van der Waals surface area contributed by atoms with Gasteiger partial charge in [-0.3, -0.25) is 9.48 Å². The van der Waals surface area contributed by atoms with Crippen LogP contribution in [0, 0.1) is 13.1 Å². The first-order chi connectivity index (χ1) is 24.0. The first kappa shape index (κ1) is 35.3. The molecule has 7 rings (SSSR count). The smallest absolute Gasteiger partial charge is 0.264 e. The summed E-state index contributed by atoms with van der Waals surface area (Å²) in [6.45, 7) is 8.02. The zero-order valence-corrected chi connectivity index (χ0v) is 33.8. The average molecular weight is 911 g/mol. The van der Waals surface area contributed by atoms with Crippen molar-refractivity contribution >= 4 is 70.0 Å². The summed E-state index contributed by atoms with van der Waals surface area (Å²) in [6.07, 6.45) is 1.36. The SMILES string of the molecule is COc1ccc([Si](C)(C)[C@@H]2[C@@H](CCn3cc([C@H](O)c4ccccc4)nn3)O[C@]3(C(=O)N(Cc4ccc(I)cc4)c4ccc(I)cc43)[C@H]2C)cc1. The van der Waals surface area contributed by atoms with Crippen molar-refractivity contribution in [1.82, 2.24) is 15.0 Å². The van der Waals surface area contributed by atoms with E-state index in [1.54, 1.807) is 11.8 Å². The maximum atomic E-state index is 15.0. The Hall–Kier alpha value is -3.11. The molecule has 1 N–H and O–H groups in total. The number of methoxy groups -OCH3 is 1. The highest BCUT2D eigenvalue weighted by atomic mass is 127. The second-order valence-corrected chi connectivity index (χ2v) is 21.0. The zero-order chi connectivity index (χ0) is 35.2. The third kappa shape index (κ3) is 6.33. The van der Waals surface area contributed by atoms with Crippen LogP contribution in [0.25, 0.3) is 0 Å². The summed E-state index contributed by atoms with van der Waals surface area (Å²) >= 11 is 4.65. The van der Waals surface area contributed by atoms with Crippen LogP contribution in [-0.2, 0) is 28.2 Å². The second-order valence-electron chi connectivity index (χ2n) is 13.8. The molecule has 1 saturated heterocycles. The van der Waals surface area contributed by atoms with E-state index in [-0.39, 0.29) is 23.5 Å². The highest BCUT2D eigenvalue weighted by molar-refractivity contribution is 14.1. The number of aromatic nitrogens is 3. The maximum Gasteiger partial charge on any atom is 0.264 e. The Kier molecular flexibility index (Phi) is 9.98. The van der Waals surface area contributed by atoms with Crippen molar-refractivity contribution in [3.05, 3.63) is 133 Å². The summed E-state index contributed by atoms with van der Waals surface area (Å²) in [5, 5.41) is 21.0. The number of hydrogen-bond donors (Lipinski definition) is 1. The normalized spacial score (nSPS) is 22.3. The number of aliphatic hydroxyl groups excluding tert-OH is 1. The molecule has 0 saturated carbocycles. The molecular formula is C39H40I2N4O4Si. The molecule has 4 aromatic carbocycles. The van der Waals surface area contributed by atoms with Crippen LogP contribution in [0.5, 0.6) is 5.75 Å². The van der Waals surface area contributed by atoms with Gasteiger partial charge in [-0.1, -0.05) is 85.0 Å². The lowest BCUT2D eigenvalue weighted by atomic mass is 9.82. The number of aliphatic hydroxyl groups is 1. The molecule has 2 aliphatic rings. The molecule has 0 unspecified atom stereocenters. The van der Waals surface area contributed by atoms with E-state index in [2.05, 4.69) is 130 Å².